The highest BCUT2D eigenvalue weighted by molar-refractivity contribution is 14.0. The van der Waals surface area contributed by atoms with Crippen LogP contribution in [0.15, 0.2) is 40.1 Å². The molecule has 3 rings (SSSR count). The average molecular weight is 478 g/mol. The molecule has 0 radical (unpaired) electrons. The molecule has 5 nitrogen and oxygen atoms in total. The molecule has 3 heterocycles. The van der Waals surface area contributed by atoms with Gasteiger partial charge in [-0.1, -0.05) is 11.6 Å². The normalized spacial score (nSPS) is 17.5. The summed E-state index contributed by atoms with van der Waals surface area (Å²) in [6.07, 6.45) is 2.81. The van der Waals surface area contributed by atoms with Crippen LogP contribution in [-0.4, -0.2) is 37.1 Å². The van der Waals surface area contributed by atoms with Crippen LogP contribution in [0.25, 0.3) is 0 Å². The fraction of sp³-hybridized carbons (Fsp3) is 0.375. The van der Waals surface area contributed by atoms with E-state index < -0.39 is 0 Å². The van der Waals surface area contributed by atoms with Gasteiger partial charge in [0, 0.05) is 38.9 Å². The van der Waals surface area contributed by atoms with E-state index in [1.54, 1.807) is 24.6 Å². The van der Waals surface area contributed by atoms with Gasteiger partial charge in [0.1, 0.15) is 5.82 Å². The molecule has 2 aromatic rings. The first-order chi connectivity index (χ1) is 11.3. The molecule has 2 aromatic heterocycles. The van der Waals surface area contributed by atoms with E-state index in [2.05, 4.69) is 42.3 Å². The third kappa shape index (κ3) is 4.97. The van der Waals surface area contributed by atoms with Crippen molar-refractivity contribution in [3.05, 3.63) is 45.7 Å². The lowest BCUT2D eigenvalue weighted by Crippen LogP contribution is -2.44. The summed E-state index contributed by atoms with van der Waals surface area (Å²) in [5, 5.41) is 11.8. The van der Waals surface area contributed by atoms with Crippen LogP contribution in [0.5, 0.6) is 0 Å². The largest absolute Gasteiger partial charge is 0.353 e. The second-order valence-electron chi connectivity index (χ2n) is 5.44. The highest BCUT2D eigenvalue weighted by Gasteiger charge is 2.25. The molecule has 2 N–H and O–H groups in total. The Kier molecular flexibility index (Phi) is 7.57. The number of halogens is 2. The van der Waals surface area contributed by atoms with Gasteiger partial charge in [0.25, 0.3) is 0 Å². The van der Waals surface area contributed by atoms with Gasteiger partial charge in [-0.05, 0) is 40.9 Å². The van der Waals surface area contributed by atoms with Gasteiger partial charge in [-0.3, -0.25) is 4.99 Å². The van der Waals surface area contributed by atoms with Crippen LogP contribution < -0.4 is 15.5 Å². The third-order valence-electron chi connectivity index (χ3n) is 3.83. The summed E-state index contributed by atoms with van der Waals surface area (Å²) in [5.41, 5.74) is 1.27. The van der Waals surface area contributed by atoms with E-state index in [0.717, 1.165) is 37.8 Å². The van der Waals surface area contributed by atoms with Crippen molar-refractivity contribution in [3.63, 3.8) is 0 Å². The number of anilines is 1. The number of guanidine groups is 1. The number of hydrogen-bond acceptors (Lipinski definition) is 4. The van der Waals surface area contributed by atoms with Crippen LogP contribution in [0, 0.1) is 0 Å². The van der Waals surface area contributed by atoms with Crippen LogP contribution in [0.3, 0.4) is 0 Å². The minimum atomic E-state index is 0. The fourth-order valence-corrected chi connectivity index (χ4v) is 3.56. The van der Waals surface area contributed by atoms with E-state index in [9.17, 15) is 0 Å². The fourth-order valence-electron chi connectivity index (χ4n) is 2.65. The van der Waals surface area contributed by atoms with Crippen molar-refractivity contribution in [1.82, 2.24) is 15.6 Å². The Morgan fingerprint density at radius 1 is 1.50 bits per heavy atom. The zero-order valence-corrected chi connectivity index (χ0v) is 17.3. The van der Waals surface area contributed by atoms with Gasteiger partial charge in [-0.25, -0.2) is 4.98 Å². The Bertz CT molecular complexity index is 664. The van der Waals surface area contributed by atoms with Gasteiger partial charge < -0.3 is 15.5 Å². The SMILES string of the molecule is CN=C(NCc1ccsc1)NC1CCN(c2ncccc2Cl)C1.I. The molecule has 0 spiro atoms. The summed E-state index contributed by atoms with van der Waals surface area (Å²) in [5.74, 6) is 1.69. The third-order valence-corrected chi connectivity index (χ3v) is 4.86. The molecule has 1 aliphatic rings. The molecule has 1 aliphatic heterocycles. The minimum Gasteiger partial charge on any atom is -0.353 e. The Labute approximate surface area is 168 Å². The zero-order valence-electron chi connectivity index (χ0n) is 13.4. The maximum atomic E-state index is 6.23. The summed E-state index contributed by atoms with van der Waals surface area (Å²) >= 11 is 7.94. The second kappa shape index (κ2) is 9.43. The lowest BCUT2D eigenvalue weighted by Gasteiger charge is -2.20. The zero-order chi connectivity index (χ0) is 16.1. The monoisotopic (exact) mass is 477 g/mol. The van der Waals surface area contributed by atoms with Crippen molar-refractivity contribution in [1.29, 1.82) is 0 Å². The smallest absolute Gasteiger partial charge is 0.191 e. The number of aromatic nitrogens is 1. The van der Waals surface area contributed by atoms with Gasteiger partial charge in [0.05, 0.1) is 5.02 Å². The molecule has 0 aromatic carbocycles. The Balaban J connectivity index is 0.00000208. The van der Waals surface area contributed by atoms with E-state index in [1.165, 1.54) is 5.56 Å². The van der Waals surface area contributed by atoms with E-state index in [0.29, 0.717) is 11.1 Å². The summed E-state index contributed by atoms with van der Waals surface area (Å²) in [6, 6.07) is 6.19. The molecule has 1 saturated heterocycles. The number of nitrogens with zero attached hydrogens (tertiary/aromatic N) is 3. The van der Waals surface area contributed by atoms with Crippen LogP contribution in [-0.2, 0) is 6.54 Å². The Morgan fingerprint density at radius 3 is 3.08 bits per heavy atom. The lowest BCUT2D eigenvalue weighted by atomic mass is 10.3. The second-order valence-corrected chi connectivity index (χ2v) is 6.63. The summed E-state index contributed by atoms with van der Waals surface area (Å²) in [7, 11) is 1.80. The number of nitrogens with one attached hydrogen (secondary N) is 2. The highest BCUT2D eigenvalue weighted by atomic mass is 127. The predicted molar refractivity (Wildman–Crippen MR) is 113 cm³/mol. The first-order valence-corrected chi connectivity index (χ1v) is 8.92. The van der Waals surface area contributed by atoms with E-state index in [4.69, 9.17) is 11.6 Å². The number of hydrogen-bond donors (Lipinski definition) is 2. The first kappa shape index (κ1) is 19.3. The van der Waals surface area contributed by atoms with Crippen LogP contribution in [0.2, 0.25) is 5.02 Å². The summed E-state index contributed by atoms with van der Waals surface area (Å²) in [4.78, 5) is 10.9. The lowest BCUT2D eigenvalue weighted by molar-refractivity contribution is 0.648. The van der Waals surface area contributed by atoms with Crippen LogP contribution in [0.1, 0.15) is 12.0 Å². The molecule has 0 amide bonds. The van der Waals surface area contributed by atoms with Crippen molar-refractivity contribution >= 4 is 58.7 Å². The first-order valence-electron chi connectivity index (χ1n) is 7.60. The number of aliphatic imine (C=N–C) groups is 1. The molecule has 1 fully saturated rings. The van der Waals surface area contributed by atoms with E-state index >= 15 is 0 Å². The van der Waals surface area contributed by atoms with Crippen molar-refractivity contribution in [3.8, 4) is 0 Å². The van der Waals surface area contributed by atoms with Gasteiger partial charge in [0.2, 0.25) is 0 Å². The van der Waals surface area contributed by atoms with Crippen molar-refractivity contribution < 1.29 is 0 Å². The molecule has 1 unspecified atom stereocenters. The molecular weight excluding hydrogens is 457 g/mol. The number of thiophene rings is 1. The van der Waals surface area contributed by atoms with Crippen LogP contribution in [0.4, 0.5) is 5.82 Å². The molecule has 0 saturated carbocycles. The molecular formula is C16H21ClIN5S. The van der Waals surface area contributed by atoms with Crippen LogP contribution >= 0.6 is 46.9 Å². The Morgan fingerprint density at radius 2 is 2.38 bits per heavy atom. The minimum absolute atomic E-state index is 0. The van der Waals surface area contributed by atoms with Gasteiger partial charge in [-0.2, -0.15) is 11.3 Å². The standard InChI is InChI=1S/C16H20ClN5S.HI/c1-18-16(20-9-12-5-8-23-11-12)21-13-4-7-22(10-13)15-14(17)3-2-6-19-15;/h2-3,5-6,8,11,13H,4,7,9-10H2,1H3,(H2,18,20,21);1H. The van der Waals surface area contributed by atoms with Gasteiger partial charge in [-0.15, -0.1) is 24.0 Å². The highest BCUT2D eigenvalue weighted by Crippen LogP contribution is 2.25. The van der Waals surface area contributed by atoms with E-state index in [1.807, 2.05) is 12.1 Å². The van der Waals surface area contributed by atoms with Crippen molar-refractivity contribution in [2.75, 3.05) is 25.0 Å². The Hall–Kier alpha value is -1.06. The van der Waals surface area contributed by atoms with Gasteiger partial charge in [0.15, 0.2) is 5.96 Å². The molecule has 0 bridgehead atoms. The molecule has 8 heteroatoms. The maximum Gasteiger partial charge on any atom is 0.191 e. The summed E-state index contributed by atoms with van der Waals surface area (Å²) in [6.45, 7) is 2.59. The number of pyridine rings is 1. The van der Waals surface area contributed by atoms with Crippen molar-refractivity contribution in [2.45, 2.75) is 19.0 Å². The number of rotatable bonds is 4. The molecule has 24 heavy (non-hydrogen) atoms. The molecule has 1 atom stereocenters. The van der Waals surface area contributed by atoms with Gasteiger partial charge >= 0.3 is 0 Å². The quantitative estimate of drug-likeness (QED) is 0.403. The predicted octanol–water partition coefficient (Wildman–Crippen LogP) is 3.36. The maximum absolute atomic E-state index is 6.23. The molecule has 130 valence electrons. The van der Waals surface area contributed by atoms with Crippen molar-refractivity contribution in [2.24, 2.45) is 4.99 Å². The average Bonchev–Trinajstić information content (AvgIpc) is 3.23. The summed E-state index contributed by atoms with van der Waals surface area (Å²) < 4.78 is 0. The topological polar surface area (TPSA) is 52.6 Å². The molecule has 0 aliphatic carbocycles. The van der Waals surface area contributed by atoms with E-state index in [-0.39, 0.29) is 24.0 Å².